The Kier molecular flexibility index (Phi) is 16.6. The number of benzene rings is 4. The summed E-state index contributed by atoms with van der Waals surface area (Å²) in [6.07, 6.45) is 5.28. The van der Waals surface area contributed by atoms with E-state index in [1.807, 2.05) is 48.5 Å². The van der Waals surface area contributed by atoms with Crippen LogP contribution in [0, 0.1) is 0 Å². The van der Waals surface area contributed by atoms with E-state index in [0.717, 1.165) is 60.0 Å². The van der Waals surface area contributed by atoms with E-state index in [1.54, 1.807) is 12.4 Å². The van der Waals surface area contributed by atoms with Gasteiger partial charge in [0.05, 0.1) is 11.4 Å². The summed E-state index contributed by atoms with van der Waals surface area (Å²) in [7, 11) is 0. The Balaban J connectivity index is 0.00000110. The SMILES string of the molecule is CC(=O)[O-].CC(=O)[O-].CCc1cc(C=Nc2cccc3cccc(N=Cc4cc(CC)cc(C(C)C)c4O)c23)c(O)c(C(C)C)c1.[Co+2]. The Hall–Kier alpha value is -4.47. The van der Waals surface area contributed by atoms with Gasteiger partial charge < -0.3 is 30.0 Å². The molecule has 0 fully saturated rings. The first-order valence-corrected chi connectivity index (χ1v) is 15.4. The molecule has 0 aliphatic carbocycles. The topological polar surface area (TPSA) is 145 Å². The number of carbonyl (C=O) groups excluding carboxylic acids is 2. The third-order valence-corrected chi connectivity index (χ3v) is 7.06. The van der Waals surface area contributed by atoms with Crippen LogP contribution in [0.1, 0.15) is 101 Å². The predicted octanol–water partition coefficient (Wildman–Crippen LogP) is 6.63. The molecule has 0 saturated carbocycles. The van der Waals surface area contributed by atoms with Gasteiger partial charge in [0, 0.05) is 40.9 Å². The third-order valence-electron chi connectivity index (χ3n) is 7.06. The number of fused-ring (bicyclic) bond motifs is 1. The fourth-order valence-corrected chi connectivity index (χ4v) is 4.77. The van der Waals surface area contributed by atoms with Crippen molar-refractivity contribution in [2.24, 2.45) is 9.98 Å². The van der Waals surface area contributed by atoms with Gasteiger partial charge in [-0.05, 0) is 90.4 Å². The molecule has 0 unspecified atom stereocenters. The minimum Gasteiger partial charge on any atom is -0.550 e. The van der Waals surface area contributed by atoms with Gasteiger partial charge in [0.2, 0.25) is 0 Å². The maximum atomic E-state index is 10.9. The fourth-order valence-electron chi connectivity index (χ4n) is 4.77. The molecule has 0 aliphatic rings. The van der Waals surface area contributed by atoms with Gasteiger partial charge >= 0.3 is 16.8 Å². The van der Waals surface area contributed by atoms with Crippen LogP contribution in [0.5, 0.6) is 11.5 Å². The van der Waals surface area contributed by atoms with Crippen LogP contribution < -0.4 is 10.2 Å². The maximum absolute atomic E-state index is 10.9. The van der Waals surface area contributed by atoms with Crippen molar-refractivity contribution in [1.82, 2.24) is 0 Å². The van der Waals surface area contributed by atoms with E-state index >= 15 is 0 Å². The van der Waals surface area contributed by atoms with Crippen molar-refractivity contribution in [1.29, 1.82) is 0 Å². The summed E-state index contributed by atoms with van der Waals surface area (Å²) in [5.74, 6) is -1.17. The quantitative estimate of drug-likeness (QED) is 0.199. The van der Waals surface area contributed by atoms with Crippen LogP contribution in [-0.2, 0) is 39.2 Å². The number of phenolic OH excluding ortho intramolecular Hbond substituents is 2. The first-order chi connectivity index (χ1) is 21.7. The summed E-state index contributed by atoms with van der Waals surface area (Å²) in [5.41, 5.74) is 7.20. The van der Waals surface area contributed by atoms with Crippen LogP contribution in [0.25, 0.3) is 10.8 Å². The molecule has 4 aromatic rings. The zero-order valence-electron chi connectivity index (χ0n) is 28.3. The smallest absolute Gasteiger partial charge is 0.550 e. The van der Waals surface area contributed by atoms with E-state index < -0.39 is 11.9 Å². The number of nitrogens with zero attached hydrogens (tertiary/aromatic N) is 2. The zero-order chi connectivity index (χ0) is 34.6. The zero-order valence-corrected chi connectivity index (χ0v) is 29.3. The van der Waals surface area contributed by atoms with Gasteiger partial charge in [-0.1, -0.05) is 77.9 Å². The van der Waals surface area contributed by atoms with Crippen molar-refractivity contribution in [2.45, 2.75) is 80.1 Å². The summed E-state index contributed by atoms with van der Waals surface area (Å²) < 4.78 is 0. The number of hydrogen-bond donors (Lipinski definition) is 2. The molecule has 0 aliphatic heterocycles. The summed E-state index contributed by atoms with van der Waals surface area (Å²) >= 11 is 0. The molecule has 0 bridgehead atoms. The van der Waals surface area contributed by atoms with Gasteiger partial charge in [-0.3, -0.25) is 9.98 Å². The number of carbonyl (C=O) groups is 2. The Morgan fingerprint density at radius 3 is 1.34 bits per heavy atom. The second-order valence-electron chi connectivity index (χ2n) is 11.4. The second-order valence-corrected chi connectivity index (χ2v) is 11.4. The predicted molar refractivity (Wildman–Crippen MR) is 183 cm³/mol. The number of aromatic hydroxyl groups is 2. The van der Waals surface area contributed by atoms with Crippen molar-refractivity contribution < 1.29 is 46.8 Å². The average molecular weight is 684 g/mol. The number of aryl methyl sites for hydroxylation is 2. The molecule has 9 heteroatoms. The first kappa shape index (κ1) is 40.6. The molecule has 47 heavy (non-hydrogen) atoms. The molecule has 0 aromatic heterocycles. The molecule has 0 atom stereocenters. The van der Waals surface area contributed by atoms with E-state index in [9.17, 15) is 10.2 Å². The third kappa shape index (κ3) is 12.0. The first-order valence-electron chi connectivity index (χ1n) is 15.4. The average Bonchev–Trinajstić information content (AvgIpc) is 2.99. The van der Waals surface area contributed by atoms with E-state index in [2.05, 4.69) is 53.7 Å². The molecule has 8 nitrogen and oxygen atoms in total. The molecular formula is C38H44CoN2O6. The number of phenols is 2. The number of hydrogen-bond acceptors (Lipinski definition) is 8. The molecule has 4 rings (SSSR count). The number of carboxylic acid groups (broad SMARTS) is 2. The van der Waals surface area contributed by atoms with Crippen LogP contribution in [0.15, 0.2) is 70.6 Å². The molecule has 251 valence electrons. The molecule has 1 radical (unpaired) electrons. The molecule has 0 saturated heterocycles. The standard InChI is InChI=1S/C34H38N2O2.2C2H4O2.Co/c1-7-23-15-26(33(37)28(17-23)21(3)4)19-35-30-13-9-11-25-12-10-14-31(32(25)30)36-20-27-16-24(8-2)18-29(22(5)6)34(27)38;2*1-2(3)4;/h9-22,37-38H,7-8H2,1-6H3;2*1H3,(H,3,4);/q;;;+2/p-2. The van der Waals surface area contributed by atoms with Crippen molar-refractivity contribution >= 4 is 46.5 Å². The van der Waals surface area contributed by atoms with Crippen molar-refractivity contribution in [3.05, 3.63) is 94.0 Å². The fraction of sp³-hybridized carbons (Fsp3) is 0.316. The Morgan fingerprint density at radius 2 is 1.04 bits per heavy atom. The Labute approximate surface area is 288 Å². The number of rotatable bonds is 8. The van der Waals surface area contributed by atoms with Gasteiger partial charge in [0.1, 0.15) is 11.5 Å². The van der Waals surface area contributed by atoms with Crippen LogP contribution >= 0.6 is 0 Å². The summed E-state index contributed by atoms with van der Waals surface area (Å²) in [6, 6.07) is 20.2. The molecular weight excluding hydrogens is 639 g/mol. The van der Waals surface area contributed by atoms with Gasteiger partial charge in [0.15, 0.2) is 0 Å². The second kappa shape index (κ2) is 19.2. The minimum absolute atomic E-state index is 0. The number of aliphatic imine (C=N–C) groups is 2. The van der Waals surface area contributed by atoms with Crippen LogP contribution in [-0.4, -0.2) is 34.6 Å². The van der Waals surface area contributed by atoms with Crippen LogP contribution in [0.2, 0.25) is 0 Å². The molecule has 2 N–H and O–H groups in total. The maximum Gasteiger partial charge on any atom is 2.00 e. The van der Waals surface area contributed by atoms with Crippen molar-refractivity contribution in [3.8, 4) is 11.5 Å². The summed E-state index contributed by atoms with van der Waals surface area (Å²) in [5, 5.41) is 41.6. The summed E-state index contributed by atoms with van der Waals surface area (Å²) in [4.78, 5) is 27.4. The molecule has 4 aromatic carbocycles. The van der Waals surface area contributed by atoms with Gasteiger partial charge in [-0.25, -0.2) is 0 Å². The van der Waals surface area contributed by atoms with Crippen molar-refractivity contribution in [2.75, 3.05) is 0 Å². The molecule has 0 spiro atoms. The van der Waals surface area contributed by atoms with E-state index in [0.29, 0.717) is 11.1 Å². The summed E-state index contributed by atoms with van der Waals surface area (Å²) in [6.45, 7) is 14.5. The van der Waals surface area contributed by atoms with E-state index in [4.69, 9.17) is 29.8 Å². The largest absolute Gasteiger partial charge is 2.00 e. The molecule has 0 heterocycles. The molecule has 0 amide bonds. The minimum atomic E-state index is -1.08. The number of carboxylic acids is 2. The van der Waals surface area contributed by atoms with E-state index in [1.165, 1.54) is 11.1 Å². The van der Waals surface area contributed by atoms with Crippen LogP contribution in [0.3, 0.4) is 0 Å². The van der Waals surface area contributed by atoms with Gasteiger partial charge in [0.25, 0.3) is 0 Å². The monoisotopic (exact) mass is 683 g/mol. The number of aliphatic carboxylic acids is 2. The van der Waals surface area contributed by atoms with Crippen LogP contribution in [0.4, 0.5) is 11.4 Å². The van der Waals surface area contributed by atoms with Gasteiger partial charge in [-0.2, -0.15) is 0 Å². The van der Waals surface area contributed by atoms with E-state index in [-0.39, 0.29) is 40.1 Å². The Bertz CT molecular complexity index is 1600. The normalized spacial score (nSPS) is 10.9. The van der Waals surface area contributed by atoms with Gasteiger partial charge in [-0.15, -0.1) is 0 Å². The van der Waals surface area contributed by atoms with Crippen molar-refractivity contribution in [3.63, 3.8) is 0 Å². The Morgan fingerprint density at radius 1 is 0.702 bits per heavy atom.